The van der Waals surface area contributed by atoms with Gasteiger partial charge >= 0.3 is 0 Å². The first kappa shape index (κ1) is 19.8. The molecule has 0 unspecified atom stereocenters. The van der Waals surface area contributed by atoms with Crippen molar-refractivity contribution in [1.29, 1.82) is 0 Å². The second-order valence-corrected chi connectivity index (χ2v) is 7.16. The number of benzene rings is 2. The number of hydrogen-bond acceptors (Lipinski definition) is 4. The monoisotopic (exact) mass is 406 g/mol. The number of carbonyl (C=O) groups is 1. The van der Waals surface area contributed by atoms with E-state index in [4.69, 9.17) is 4.74 Å². The van der Waals surface area contributed by atoms with E-state index in [1.54, 1.807) is 25.3 Å². The maximum atomic E-state index is 14.4. The van der Waals surface area contributed by atoms with Crippen LogP contribution in [0.25, 0.3) is 17.5 Å². The van der Waals surface area contributed by atoms with E-state index in [0.717, 1.165) is 49.2 Å². The Kier molecular flexibility index (Phi) is 5.88. The highest BCUT2D eigenvalue weighted by Crippen LogP contribution is 2.27. The van der Waals surface area contributed by atoms with Crippen LogP contribution < -0.4 is 10.1 Å². The molecule has 154 valence electrons. The third-order valence-corrected chi connectivity index (χ3v) is 5.15. The molecule has 0 aliphatic carbocycles. The summed E-state index contributed by atoms with van der Waals surface area (Å²) >= 11 is 0. The largest absolute Gasteiger partial charge is 0.496 e. The lowest BCUT2D eigenvalue weighted by molar-refractivity contribution is -0.111. The van der Waals surface area contributed by atoms with Crippen LogP contribution in [0.4, 0.5) is 10.1 Å². The fourth-order valence-corrected chi connectivity index (χ4v) is 3.60. The topological polar surface area (TPSA) is 69.0 Å². The van der Waals surface area contributed by atoms with Crippen molar-refractivity contribution in [3.63, 3.8) is 0 Å². The Bertz CT molecular complexity index is 1090. The molecule has 4 rings (SSSR count). The van der Waals surface area contributed by atoms with Gasteiger partial charge in [-0.2, -0.15) is 0 Å². The van der Waals surface area contributed by atoms with E-state index >= 15 is 0 Å². The number of halogens is 1. The number of amides is 1. The molecule has 1 aliphatic rings. The van der Waals surface area contributed by atoms with Crippen LogP contribution in [0.5, 0.6) is 5.75 Å². The summed E-state index contributed by atoms with van der Waals surface area (Å²) in [5, 5.41) is 11.2. The van der Waals surface area contributed by atoms with Crippen molar-refractivity contribution in [1.82, 2.24) is 14.8 Å². The second kappa shape index (κ2) is 8.90. The van der Waals surface area contributed by atoms with Crippen molar-refractivity contribution in [2.75, 3.05) is 12.4 Å². The Morgan fingerprint density at radius 1 is 1.17 bits per heavy atom. The van der Waals surface area contributed by atoms with Crippen LogP contribution in [0.3, 0.4) is 0 Å². The molecule has 7 heteroatoms. The number of nitrogens with zero attached hydrogens (tertiary/aromatic N) is 3. The Morgan fingerprint density at radius 2 is 2.03 bits per heavy atom. The molecule has 0 atom stereocenters. The van der Waals surface area contributed by atoms with Crippen LogP contribution in [0, 0.1) is 5.82 Å². The minimum absolute atomic E-state index is 0.105. The molecule has 0 radical (unpaired) electrons. The maximum absolute atomic E-state index is 14.4. The average Bonchev–Trinajstić information content (AvgIpc) is 3.02. The normalized spacial score (nSPS) is 13.7. The third-order valence-electron chi connectivity index (χ3n) is 5.15. The summed E-state index contributed by atoms with van der Waals surface area (Å²) in [5.41, 5.74) is 1.59. The van der Waals surface area contributed by atoms with Crippen LogP contribution in [-0.4, -0.2) is 27.8 Å². The minimum atomic E-state index is -0.506. The third kappa shape index (κ3) is 4.25. The number of aryl methyl sites for hydroxylation is 1. The van der Waals surface area contributed by atoms with Crippen molar-refractivity contribution in [3.05, 3.63) is 65.7 Å². The number of aromatic nitrogens is 3. The predicted molar refractivity (Wildman–Crippen MR) is 114 cm³/mol. The van der Waals surface area contributed by atoms with E-state index in [-0.39, 0.29) is 5.69 Å². The van der Waals surface area contributed by atoms with Crippen molar-refractivity contribution in [2.45, 2.75) is 32.2 Å². The van der Waals surface area contributed by atoms with Gasteiger partial charge in [-0.15, -0.1) is 10.2 Å². The summed E-state index contributed by atoms with van der Waals surface area (Å²) in [6.45, 7) is 0.846. The zero-order valence-corrected chi connectivity index (χ0v) is 16.8. The van der Waals surface area contributed by atoms with E-state index in [9.17, 15) is 9.18 Å². The van der Waals surface area contributed by atoms with Crippen LogP contribution in [-0.2, 0) is 17.8 Å². The zero-order chi connectivity index (χ0) is 20.9. The highest BCUT2D eigenvalue weighted by atomic mass is 19.1. The molecule has 0 saturated heterocycles. The van der Waals surface area contributed by atoms with E-state index in [1.807, 2.05) is 24.3 Å². The molecule has 0 saturated carbocycles. The van der Waals surface area contributed by atoms with Crippen molar-refractivity contribution < 1.29 is 13.9 Å². The zero-order valence-electron chi connectivity index (χ0n) is 16.8. The van der Waals surface area contributed by atoms with Crippen LogP contribution in [0.2, 0.25) is 0 Å². The summed E-state index contributed by atoms with van der Waals surface area (Å²) < 4.78 is 21.7. The van der Waals surface area contributed by atoms with Gasteiger partial charge in [0, 0.05) is 30.2 Å². The number of para-hydroxylation sites is 1. The van der Waals surface area contributed by atoms with Gasteiger partial charge in [-0.05, 0) is 43.2 Å². The number of nitrogens with one attached hydrogen (secondary N) is 1. The number of carbonyl (C=O) groups excluding carboxylic acids is 1. The molecule has 3 aromatic rings. The summed E-state index contributed by atoms with van der Waals surface area (Å²) in [6, 6.07) is 12.0. The highest BCUT2D eigenvalue weighted by Gasteiger charge is 2.17. The summed E-state index contributed by atoms with van der Waals surface area (Å²) in [6.07, 6.45) is 7.21. The van der Waals surface area contributed by atoms with Gasteiger partial charge in [0.25, 0.3) is 0 Å². The van der Waals surface area contributed by atoms with Gasteiger partial charge in [-0.1, -0.05) is 24.6 Å². The SMILES string of the molecule is COc1ccccc1/C=C/C(=O)Nc1cc(-c2nnc3n2CCCCC3)ccc1F. The highest BCUT2D eigenvalue weighted by molar-refractivity contribution is 6.02. The first-order valence-electron chi connectivity index (χ1n) is 10.00. The second-order valence-electron chi connectivity index (χ2n) is 7.16. The quantitative estimate of drug-likeness (QED) is 0.635. The minimum Gasteiger partial charge on any atom is -0.496 e. The Balaban J connectivity index is 1.55. The fourth-order valence-electron chi connectivity index (χ4n) is 3.60. The van der Waals surface area contributed by atoms with Crippen LogP contribution in [0.15, 0.2) is 48.5 Å². The molecule has 1 aliphatic heterocycles. The number of ether oxygens (including phenoxy) is 1. The average molecular weight is 406 g/mol. The molecule has 0 fully saturated rings. The number of rotatable bonds is 5. The first-order chi connectivity index (χ1) is 14.7. The fraction of sp³-hybridized carbons (Fsp3) is 0.261. The smallest absolute Gasteiger partial charge is 0.248 e. The van der Waals surface area contributed by atoms with Crippen molar-refractivity contribution in [2.24, 2.45) is 0 Å². The summed E-state index contributed by atoms with van der Waals surface area (Å²) in [5.74, 6) is 1.37. The van der Waals surface area contributed by atoms with Gasteiger partial charge < -0.3 is 14.6 Å². The molecule has 1 amide bonds. The molecule has 1 aromatic heterocycles. The first-order valence-corrected chi connectivity index (χ1v) is 10.00. The van der Waals surface area contributed by atoms with E-state index in [2.05, 4.69) is 20.1 Å². The van der Waals surface area contributed by atoms with E-state index in [1.165, 1.54) is 12.1 Å². The lowest BCUT2D eigenvalue weighted by Gasteiger charge is -2.10. The van der Waals surface area contributed by atoms with Gasteiger partial charge in [0.2, 0.25) is 5.91 Å². The lowest BCUT2D eigenvalue weighted by Crippen LogP contribution is -2.10. The lowest BCUT2D eigenvalue weighted by atomic mass is 10.1. The van der Waals surface area contributed by atoms with Gasteiger partial charge in [-0.3, -0.25) is 4.79 Å². The Hall–Kier alpha value is -3.48. The van der Waals surface area contributed by atoms with Crippen LogP contribution in [0.1, 0.15) is 30.7 Å². The predicted octanol–water partition coefficient (Wildman–Crippen LogP) is 4.47. The number of fused-ring (bicyclic) bond motifs is 1. The van der Waals surface area contributed by atoms with Crippen LogP contribution >= 0.6 is 0 Å². The van der Waals surface area contributed by atoms with Crippen molar-refractivity contribution >= 4 is 17.7 Å². The van der Waals surface area contributed by atoms with Crippen molar-refractivity contribution in [3.8, 4) is 17.1 Å². The molecule has 0 bridgehead atoms. The summed E-state index contributed by atoms with van der Waals surface area (Å²) in [7, 11) is 1.57. The van der Waals surface area contributed by atoms with E-state index in [0.29, 0.717) is 11.6 Å². The number of anilines is 1. The molecule has 1 N–H and O–H groups in total. The summed E-state index contributed by atoms with van der Waals surface area (Å²) in [4.78, 5) is 12.4. The molecule has 0 spiro atoms. The molecule has 30 heavy (non-hydrogen) atoms. The molecule has 2 aromatic carbocycles. The molecule has 6 nitrogen and oxygen atoms in total. The Labute approximate surface area is 174 Å². The molecular weight excluding hydrogens is 383 g/mol. The van der Waals surface area contributed by atoms with Gasteiger partial charge in [0.15, 0.2) is 5.82 Å². The molecule has 2 heterocycles. The maximum Gasteiger partial charge on any atom is 0.248 e. The van der Waals surface area contributed by atoms with Gasteiger partial charge in [-0.25, -0.2) is 4.39 Å². The Morgan fingerprint density at radius 3 is 2.90 bits per heavy atom. The number of hydrogen-bond donors (Lipinski definition) is 1. The standard InChI is InChI=1S/C23H23FN4O2/c1-30-20-8-5-4-7-16(20)11-13-22(29)25-19-15-17(10-12-18(19)24)23-27-26-21-9-3-2-6-14-28(21)23/h4-5,7-8,10-13,15H,2-3,6,9,14H2,1H3,(H,25,29)/b13-11+. The van der Waals surface area contributed by atoms with Gasteiger partial charge in [0.1, 0.15) is 17.4 Å². The van der Waals surface area contributed by atoms with Gasteiger partial charge in [0.05, 0.1) is 12.8 Å². The number of methoxy groups -OCH3 is 1. The molecular formula is C23H23FN4O2. The van der Waals surface area contributed by atoms with E-state index < -0.39 is 11.7 Å².